The van der Waals surface area contributed by atoms with E-state index in [9.17, 15) is 9.59 Å². The number of carbonyl (C=O) groups excluding carboxylic acids is 2. The van der Waals surface area contributed by atoms with Crippen LogP contribution in [-0.4, -0.2) is 31.5 Å². The van der Waals surface area contributed by atoms with Crippen molar-refractivity contribution in [3.8, 4) is 5.75 Å². The van der Waals surface area contributed by atoms with Gasteiger partial charge in [0.1, 0.15) is 5.75 Å². The maximum Gasteiger partial charge on any atom is 0.316 e. The highest BCUT2D eigenvalue weighted by molar-refractivity contribution is 6.41. The Labute approximate surface area is 99.4 Å². The number of nitrogens with one attached hydrogen (secondary N) is 1. The first-order valence-electron chi connectivity index (χ1n) is 5.55. The van der Waals surface area contributed by atoms with Crippen LogP contribution in [0.25, 0.3) is 0 Å². The van der Waals surface area contributed by atoms with Crippen LogP contribution < -0.4 is 15.0 Å². The first-order valence-corrected chi connectivity index (χ1v) is 5.55. The summed E-state index contributed by atoms with van der Waals surface area (Å²) in [5, 5.41) is 2.51. The molecule has 1 fully saturated rings. The molecule has 17 heavy (non-hydrogen) atoms. The highest BCUT2D eigenvalue weighted by Crippen LogP contribution is 2.20. The van der Waals surface area contributed by atoms with Crippen LogP contribution in [0.5, 0.6) is 5.75 Å². The maximum atomic E-state index is 11.6. The van der Waals surface area contributed by atoms with E-state index in [1.807, 2.05) is 6.92 Å². The average molecular weight is 234 g/mol. The van der Waals surface area contributed by atoms with Gasteiger partial charge in [-0.25, -0.2) is 0 Å². The van der Waals surface area contributed by atoms with E-state index in [4.69, 9.17) is 4.74 Å². The van der Waals surface area contributed by atoms with Crippen molar-refractivity contribution in [1.82, 2.24) is 5.32 Å². The van der Waals surface area contributed by atoms with Crippen molar-refractivity contribution in [3.05, 3.63) is 24.3 Å². The smallest absolute Gasteiger partial charge is 0.316 e. The molecule has 0 aromatic heterocycles. The van der Waals surface area contributed by atoms with Gasteiger partial charge in [-0.3, -0.25) is 9.59 Å². The second-order valence-electron chi connectivity index (χ2n) is 3.64. The van der Waals surface area contributed by atoms with E-state index in [0.29, 0.717) is 25.4 Å². The molecule has 1 heterocycles. The van der Waals surface area contributed by atoms with E-state index in [-0.39, 0.29) is 0 Å². The van der Waals surface area contributed by atoms with Crippen LogP contribution in [0.2, 0.25) is 0 Å². The standard InChI is InChI=1S/C12H14N2O3/c1-2-17-10-5-3-9(4-6-10)14-8-7-13-11(15)12(14)16/h3-6H,2,7-8H2,1H3,(H,13,15). The number of rotatable bonds is 3. The molecular weight excluding hydrogens is 220 g/mol. The summed E-state index contributed by atoms with van der Waals surface area (Å²) in [5.41, 5.74) is 0.716. The Morgan fingerprint density at radius 1 is 1.29 bits per heavy atom. The van der Waals surface area contributed by atoms with Crippen LogP contribution in [0.3, 0.4) is 0 Å². The Morgan fingerprint density at radius 2 is 2.00 bits per heavy atom. The van der Waals surface area contributed by atoms with Crippen molar-refractivity contribution in [2.75, 3.05) is 24.6 Å². The molecular formula is C12H14N2O3. The average Bonchev–Trinajstić information content (AvgIpc) is 2.34. The van der Waals surface area contributed by atoms with Gasteiger partial charge in [-0.1, -0.05) is 0 Å². The lowest BCUT2D eigenvalue weighted by Gasteiger charge is -2.26. The first kappa shape index (κ1) is 11.4. The lowest BCUT2D eigenvalue weighted by molar-refractivity contribution is -0.138. The monoisotopic (exact) mass is 234 g/mol. The minimum Gasteiger partial charge on any atom is -0.494 e. The molecule has 2 amide bonds. The van der Waals surface area contributed by atoms with Gasteiger partial charge in [-0.2, -0.15) is 0 Å². The number of amides is 2. The van der Waals surface area contributed by atoms with Gasteiger partial charge < -0.3 is 15.0 Å². The van der Waals surface area contributed by atoms with Crippen molar-refractivity contribution in [3.63, 3.8) is 0 Å². The number of hydrogen-bond acceptors (Lipinski definition) is 3. The topological polar surface area (TPSA) is 58.6 Å². The molecule has 0 aliphatic carbocycles. The summed E-state index contributed by atoms with van der Waals surface area (Å²) < 4.78 is 5.31. The highest BCUT2D eigenvalue weighted by atomic mass is 16.5. The summed E-state index contributed by atoms with van der Waals surface area (Å²) in [4.78, 5) is 24.3. The Bertz CT molecular complexity index is 428. The number of ether oxygens (including phenoxy) is 1. The molecule has 90 valence electrons. The lowest BCUT2D eigenvalue weighted by Crippen LogP contribution is -2.52. The molecule has 0 atom stereocenters. The van der Waals surface area contributed by atoms with Gasteiger partial charge in [0.15, 0.2) is 0 Å². The fourth-order valence-electron chi connectivity index (χ4n) is 1.72. The summed E-state index contributed by atoms with van der Waals surface area (Å²) in [6.07, 6.45) is 0. The van der Waals surface area contributed by atoms with E-state index < -0.39 is 11.8 Å². The fourth-order valence-corrected chi connectivity index (χ4v) is 1.72. The van der Waals surface area contributed by atoms with Crippen molar-refractivity contribution >= 4 is 17.5 Å². The minimum absolute atomic E-state index is 0.484. The Balaban J connectivity index is 2.16. The lowest BCUT2D eigenvalue weighted by atomic mass is 10.2. The molecule has 0 spiro atoms. The van der Waals surface area contributed by atoms with E-state index in [0.717, 1.165) is 5.75 Å². The Kier molecular flexibility index (Phi) is 3.27. The number of piperazine rings is 1. The van der Waals surface area contributed by atoms with Gasteiger partial charge in [0.2, 0.25) is 0 Å². The molecule has 5 nitrogen and oxygen atoms in total. The maximum absolute atomic E-state index is 11.6. The van der Waals surface area contributed by atoms with Crippen molar-refractivity contribution in [2.45, 2.75) is 6.92 Å². The highest BCUT2D eigenvalue weighted by Gasteiger charge is 2.26. The molecule has 2 rings (SSSR count). The molecule has 0 saturated carbocycles. The molecule has 1 aromatic carbocycles. The second kappa shape index (κ2) is 4.86. The third-order valence-corrected chi connectivity index (χ3v) is 2.52. The van der Waals surface area contributed by atoms with Gasteiger partial charge in [0.25, 0.3) is 0 Å². The molecule has 1 aromatic rings. The first-order chi connectivity index (χ1) is 8.22. The van der Waals surface area contributed by atoms with Gasteiger partial charge in [0.05, 0.1) is 6.61 Å². The molecule has 1 aliphatic heterocycles. The number of anilines is 1. The van der Waals surface area contributed by atoms with Crippen LogP contribution >= 0.6 is 0 Å². The summed E-state index contributed by atoms with van der Waals surface area (Å²) in [6.45, 7) is 3.49. The largest absolute Gasteiger partial charge is 0.494 e. The zero-order chi connectivity index (χ0) is 12.3. The Hall–Kier alpha value is -2.04. The number of carbonyl (C=O) groups is 2. The molecule has 1 aliphatic rings. The van der Waals surface area contributed by atoms with Gasteiger partial charge in [0, 0.05) is 18.8 Å². The molecule has 1 N–H and O–H groups in total. The summed E-state index contributed by atoms with van der Waals surface area (Å²) >= 11 is 0. The summed E-state index contributed by atoms with van der Waals surface area (Å²) in [5.74, 6) is -0.310. The van der Waals surface area contributed by atoms with Gasteiger partial charge in [-0.05, 0) is 31.2 Å². The second-order valence-corrected chi connectivity index (χ2v) is 3.64. The number of hydrogen-bond donors (Lipinski definition) is 1. The molecule has 5 heteroatoms. The zero-order valence-corrected chi connectivity index (χ0v) is 9.60. The Morgan fingerprint density at radius 3 is 2.65 bits per heavy atom. The SMILES string of the molecule is CCOc1ccc(N2CCNC(=O)C2=O)cc1. The quantitative estimate of drug-likeness (QED) is 0.777. The fraction of sp³-hybridized carbons (Fsp3) is 0.333. The van der Waals surface area contributed by atoms with Crippen LogP contribution in [0.1, 0.15) is 6.92 Å². The van der Waals surface area contributed by atoms with Gasteiger partial charge in [-0.15, -0.1) is 0 Å². The van der Waals surface area contributed by atoms with E-state index in [1.54, 1.807) is 24.3 Å². The molecule has 1 saturated heterocycles. The number of nitrogens with zero attached hydrogens (tertiary/aromatic N) is 1. The molecule has 0 bridgehead atoms. The molecule has 0 radical (unpaired) electrons. The van der Waals surface area contributed by atoms with E-state index in [1.165, 1.54) is 4.90 Å². The predicted molar refractivity (Wildman–Crippen MR) is 63.0 cm³/mol. The van der Waals surface area contributed by atoms with Crippen molar-refractivity contribution in [2.24, 2.45) is 0 Å². The normalized spacial score (nSPS) is 15.7. The predicted octanol–water partition coefficient (Wildman–Crippen LogP) is 0.548. The summed E-state index contributed by atoms with van der Waals surface area (Å²) in [6, 6.07) is 7.14. The number of benzene rings is 1. The minimum atomic E-state index is -0.551. The van der Waals surface area contributed by atoms with Crippen LogP contribution in [0.4, 0.5) is 5.69 Å². The third kappa shape index (κ3) is 2.38. The van der Waals surface area contributed by atoms with E-state index >= 15 is 0 Å². The van der Waals surface area contributed by atoms with Gasteiger partial charge >= 0.3 is 11.8 Å². The third-order valence-electron chi connectivity index (χ3n) is 2.52. The van der Waals surface area contributed by atoms with Crippen LogP contribution in [0, 0.1) is 0 Å². The van der Waals surface area contributed by atoms with Crippen molar-refractivity contribution < 1.29 is 14.3 Å². The van der Waals surface area contributed by atoms with Crippen molar-refractivity contribution in [1.29, 1.82) is 0 Å². The zero-order valence-electron chi connectivity index (χ0n) is 9.60. The summed E-state index contributed by atoms with van der Waals surface area (Å²) in [7, 11) is 0. The van der Waals surface area contributed by atoms with Crippen LogP contribution in [0.15, 0.2) is 24.3 Å². The van der Waals surface area contributed by atoms with E-state index in [2.05, 4.69) is 5.32 Å². The van der Waals surface area contributed by atoms with Crippen LogP contribution in [-0.2, 0) is 9.59 Å². The molecule has 0 unspecified atom stereocenters.